The molecule has 2 saturated heterocycles. The van der Waals surface area contributed by atoms with Gasteiger partial charge in [-0.15, -0.1) is 0 Å². The smallest absolute Gasteiger partial charge is 0.252 e. The number of fused-ring (bicyclic) bond motifs is 1. The molecule has 2 fully saturated rings. The van der Waals surface area contributed by atoms with Crippen LogP contribution in [-0.2, 0) is 21.1 Å². The van der Waals surface area contributed by atoms with Crippen LogP contribution in [0.1, 0.15) is 5.56 Å². The van der Waals surface area contributed by atoms with Gasteiger partial charge in [0.2, 0.25) is 0 Å². The highest BCUT2D eigenvalue weighted by molar-refractivity contribution is 8.16. The summed E-state index contributed by atoms with van der Waals surface area (Å²) >= 11 is 1.26. The van der Waals surface area contributed by atoms with Gasteiger partial charge in [0.25, 0.3) is 5.91 Å². The summed E-state index contributed by atoms with van der Waals surface area (Å²) in [5.74, 6) is -0.225. The van der Waals surface area contributed by atoms with Crippen LogP contribution in [0.2, 0.25) is 0 Å². The monoisotopic (exact) mass is 434 g/mol. The normalized spacial score (nSPS) is 23.9. The van der Waals surface area contributed by atoms with Crippen LogP contribution >= 0.6 is 11.8 Å². The quantitative estimate of drug-likeness (QED) is 0.737. The van der Waals surface area contributed by atoms with Crippen molar-refractivity contribution < 1.29 is 22.3 Å². The van der Waals surface area contributed by atoms with Crippen LogP contribution in [0.3, 0.4) is 0 Å². The molecule has 2 atom stereocenters. The SMILES string of the molecule is COc1ccccc1CC(=O)N=C1S[C@@H]2CS(=O)(=O)C[C@@H]2N1c1cccc(F)c1. The van der Waals surface area contributed by atoms with Crippen molar-refractivity contribution in [3.63, 3.8) is 0 Å². The van der Waals surface area contributed by atoms with E-state index < -0.39 is 15.7 Å². The molecule has 2 aromatic carbocycles. The van der Waals surface area contributed by atoms with E-state index in [1.807, 2.05) is 12.1 Å². The minimum absolute atomic E-state index is 0.0217. The van der Waals surface area contributed by atoms with Crippen molar-refractivity contribution in [1.82, 2.24) is 0 Å². The molecule has 0 N–H and O–H groups in total. The number of hydrogen-bond donors (Lipinski definition) is 0. The van der Waals surface area contributed by atoms with E-state index >= 15 is 0 Å². The van der Waals surface area contributed by atoms with Crippen LogP contribution in [0, 0.1) is 5.82 Å². The number of methoxy groups -OCH3 is 1. The van der Waals surface area contributed by atoms with Crippen LogP contribution in [0.25, 0.3) is 0 Å². The number of halogens is 1. The summed E-state index contributed by atoms with van der Waals surface area (Å²) in [5, 5.41) is 0.168. The first kappa shape index (κ1) is 19.9. The van der Waals surface area contributed by atoms with Gasteiger partial charge in [0.15, 0.2) is 15.0 Å². The summed E-state index contributed by atoms with van der Waals surface area (Å²) in [6.45, 7) is 0. The first-order valence-corrected chi connectivity index (χ1v) is 11.7. The summed E-state index contributed by atoms with van der Waals surface area (Å²) in [7, 11) is -1.64. The van der Waals surface area contributed by atoms with Gasteiger partial charge in [-0.05, 0) is 24.3 Å². The van der Waals surface area contributed by atoms with E-state index in [0.29, 0.717) is 22.2 Å². The molecule has 0 saturated carbocycles. The van der Waals surface area contributed by atoms with Gasteiger partial charge in [-0.3, -0.25) is 4.79 Å². The van der Waals surface area contributed by atoms with Gasteiger partial charge < -0.3 is 9.64 Å². The first-order valence-electron chi connectivity index (χ1n) is 9.01. The lowest BCUT2D eigenvalue weighted by Gasteiger charge is -2.24. The zero-order valence-electron chi connectivity index (χ0n) is 15.6. The zero-order valence-corrected chi connectivity index (χ0v) is 17.2. The predicted octanol–water partition coefficient (Wildman–Crippen LogP) is 2.68. The van der Waals surface area contributed by atoms with Crippen LogP contribution in [0.5, 0.6) is 5.75 Å². The van der Waals surface area contributed by atoms with Gasteiger partial charge in [0.05, 0.1) is 31.1 Å². The molecule has 0 unspecified atom stereocenters. The summed E-state index contributed by atoms with van der Waals surface area (Å²) < 4.78 is 43.3. The molecule has 2 aliphatic rings. The Morgan fingerprint density at radius 3 is 2.79 bits per heavy atom. The fourth-order valence-electron chi connectivity index (χ4n) is 3.65. The second-order valence-corrected chi connectivity index (χ2v) is 10.3. The van der Waals surface area contributed by atoms with E-state index in [9.17, 15) is 17.6 Å². The van der Waals surface area contributed by atoms with Crippen LogP contribution < -0.4 is 9.64 Å². The lowest BCUT2D eigenvalue weighted by molar-refractivity contribution is -0.117. The first-order chi connectivity index (χ1) is 13.9. The Bertz CT molecular complexity index is 1090. The number of para-hydroxylation sites is 1. The Morgan fingerprint density at radius 1 is 1.24 bits per heavy atom. The molecule has 0 aromatic heterocycles. The predicted molar refractivity (Wildman–Crippen MR) is 112 cm³/mol. The molecule has 2 aliphatic heterocycles. The molecule has 152 valence electrons. The molecular weight excluding hydrogens is 415 g/mol. The number of aliphatic imine (C=N–C) groups is 1. The Balaban J connectivity index is 1.65. The maximum absolute atomic E-state index is 13.8. The Labute approximate surface area is 172 Å². The minimum atomic E-state index is -3.18. The van der Waals surface area contributed by atoms with Gasteiger partial charge in [0.1, 0.15) is 11.6 Å². The molecule has 9 heteroatoms. The second-order valence-electron chi connectivity index (χ2n) is 6.93. The molecular formula is C20H19FN2O4S2. The van der Waals surface area contributed by atoms with E-state index in [-0.39, 0.29) is 35.1 Å². The number of hydrogen-bond acceptors (Lipinski definition) is 5. The van der Waals surface area contributed by atoms with E-state index in [2.05, 4.69) is 4.99 Å². The standard InChI is InChI=1S/C20H19FN2O4S2/c1-27-17-8-3-2-5-13(17)9-19(24)22-20-23(15-7-4-6-14(21)10-15)16-11-29(25,26)12-18(16)28-20/h2-8,10,16,18H,9,11-12H2,1H3/t16-,18+/m0/s1. The van der Waals surface area contributed by atoms with E-state index in [4.69, 9.17) is 4.74 Å². The molecule has 0 aliphatic carbocycles. The molecule has 2 heterocycles. The Hall–Kier alpha value is -2.39. The van der Waals surface area contributed by atoms with Gasteiger partial charge in [-0.1, -0.05) is 36.0 Å². The van der Waals surface area contributed by atoms with Crippen molar-refractivity contribution in [1.29, 1.82) is 0 Å². The third kappa shape index (κ3) is 4.16. The Morgan fingerprint density at radius 2 is 2.03 bits per heavy atom. The topological polar surface area (TPSA) is 76.0 Å². The Kier molecular flexibility index (Phi) is 5.35. The highest BCUT2D eigenvalue weighted by atomic mass is 32.2. The number of amidine groups is 1. The molecule has 2 aromatic rings. The number of nitrogens with zero attached hydrogens (tertiary/aromatic N) is 2. The number of ether oxygens (including phenoxy) is 1. The molecule has 0 spiro atoms. The number of benzene rings is 2. The number of amides is 1. The van der Waals surface area contributed by atoms with Crippen molar-refractivity contribution in [2.24, 2.45) is 4.99 Å². The summed E-state index contributed by atoms with van der Waals surface area (Å²) in [5.41, 5.74) is 1.21. The summed E-state index contributed by atoms with van der Waals surface area (Å²) in [6.07, 6.45) is 0.0543. The fraction of sp³-hybridized carbons (Fsp3) is 0.300. The van der Waals surface area contributed by atoms with Gasteiger partial charge in [0, 0.05) is 16.5 Å². The van der Waals surface area contributed by atoms with Crippen molar-refractivity contribution >= 4 is 38.4 Å². The molecule has 0 radical (unpaired) electrons. The number of rotatable bonds is 4. The van der Waals surface area contributed by atoms with Crippen molar-refractivity contribution in [2.45, 2.75) is 17.7 Å². The zero-order chi connectivity index (χ0) is 20.6. The number of carbonyl (C=O) groups excluding carboxylic acids is 1. The summed E-state index contributed by atoms with van der Waals surface area (Å²) in [6, 6.07) is 12.7. The number of thioether (sulfide) groups is 1. The minimum Gasteiger partial charge on any atom is -0.496 e. The lowest BCUT2D eigenvalue weighted by Crippen LogP contribution is -2.37. The highest BCUT2D eigenvalue weighted by Crippen LogP contribution is 2.41. The maximum Gasteiger partial charge on any atom is 0.252 e. The third-order valence-electron chi connectivity index (χ3n) is 4.91. The average Bonchev–Trinajstić information content (AvgIpc) is 3.12. The van der Waals surface area contributed by atoms with Crippen molar-refractivity contribution in [2.75, 3.05) is 23.5 Å². The largest absolute Gasteiger partial charge is 0.496 e. The van der Waals surface area contributed by atoms with Gasteiger partial charge in [-0.25, -0.2) is 12.8 Å². The van der Waals surface area contributed by atoms with Crippen molar-refractivity contribution in [3.8, 4) is 5.75 Å². The molecule has 0 bridgehead atoms. The number of anilines is 1. The fourth-order valence-corrected chi connectivity index (χ4v) is 7.58. The van der Waals surface area contributed by atoms with Gasteiger partial charge in [-0.2, -0.15) is 4.99 Å². The molecule has 6 nitrogen and oxygen atoms in total. The molecule has 4 rings (SSSR count). The highest BCUT2D eigenvalue weighted by Gasteiger charge is 2.49. The third-order valence-corrected chi connectivity index (χ3v) is 8.12. The molecule has 1 amide bonds. The number of sulfone groups is 1. The van der Waals surface area contributed by atoms with E-state index in [1.165, 1.54) is 31.0 Å². The van der Waals surface area contributed by atoms with E-state index in [1.54, 1.807) is 29.2 Å². The van der Waals surface area contributed by atoms with E-state index in [0.717, 1.165) is 0 Å². The van der Waals surface area contributed by atoms with Crippen molar-refractivity contribution in [3.05, 3.63) is 59.9 Å². The second kappa shape index (κ2) is 7.79. The maximum atomic E-state index is 13.8. The lowest BCUT2D eigenvalue weighted by atomic mass is 10.1. The van der Waals surface area contributed by atoms with Crippen LogP contribution in [0.4, 0.5) is 10.1 Å². The van der Waals surface area contributed by atoms with Crippen LogP contribution in [-0.4, -0.2) is 49.4 Å². The molecule has 29 heavy (non-hydrogen) atoms. The number of carbonyl (C=O) groups is 1. The van der Waals surface area contributed by atoms with Crippen LogP contribution in [0.15, 0.2) is 53.5 Å². The average molecular weight is 435 g/mol. The van der Waals surface area contributed by atoms with Gasteiger partial charge >= 0.3 is 0 Å². The summed E-state index contributed by atoms with van der Waals surface area (Å²) in [4.78, 5) is 18.6.